The van der Waals surface area contributed by atoms with Crippen LogP contribution >= 0.6 is 0 Å². The third-order valence-corrected chi connectivity index (χ3v) is 6.47. The van der Waals surface area contributed by atoms with Crippen LogP contribution in [0.3, 0.4) is 0 Å². The number of nitriles is 1. The summed E-state index contributed by atoms with van der Waals surface area (Å²) >= 11 is 0. The second-order valence-corrected chi connectivity index (χ2v) is 10.2. The van der Waals surface area contributed by atoms with Gasteiger partial charge in [-0.15, -0.1) is 0 Å². The Morgan fingerprint density at radius 2 is 1.92 bits per heavy atom. The zero-order chi connectivity index (χ0) is 25.5. The first-order valence-electron chi connectivity index (χ1n) is 11.9. The van der Waals surface area contributed by atoms with E-state index in [0.29, 0.717) is 38.2 Å². The van der Waals surface area contributed by atoms with Crippen LogP contribution in [0.4, 0.5) is 4.79 Å². The largest absolute Gasteiger partial charge is 0.444 e. The minimum Gasteiger partial charge on any atom is -0.444 e. The number of aromatic nitrogens is 7. The number of hydrogen-bond acceptors (Lipinski definition) is 7. The average molecular weight is 488 g/mol. The van der Waals surface area contributed by atoms with Gasteiger partial charge in [-0.05, 0) is 33.6 Å². The summed E-state index contributed by atoms with van der Waals surface area (Å²) in [5.74, 6) is 0.702. The summed E-state index contributed by atoms with van der Waals surface area (Å²) in [6, 6.07) is 4.26. The van der Waals surface area contributed by atoms with Crippen molar-refractivity contribution in [3.8, 4) is 28.7 Å². The van der Waals surface area contributed by atoms with E-state index in [1.807, 2.05) is 61.6 Å². The molecule has 0 atom stereocenters. The Labute approximate surface area is 208 Å². The standard InChI is InChI=1S/C25H29N9O2/c1-24(2,3)36-23(35)32-10-6-25(5-8-26,7-11-32)34-17-19(15-29-34)22-30-20(18-14-28-31(4)16-18)13-21-27-9-12-33(21)22/h9,12-17H,5-7,10-11H2,1-4H3. The number of carbonyl (C=O) groups is 1. The smallest absolute Gasteiger partial charge is 0.410 e. The monoisotopic (exact) mass is 487 g/mol. The predicted molar refractivity (Wildman–Crippen MR) is 132 cm³/mol. The van der Waals surface area contributed by atoms with Crippen molar-refractivity contribution in [1.82, 2.24) is 38.8 Å². The van der Waals surface area contributed by atoms with Crippen molar-refractivity contribution in [3.63, 3.8) is 0 Å². The fourth-order valence-corrected chi connectivity index (χ4v) is 4.59. The van der Waals surface area contributed by atoms with Crippen LogP contribution in [0.5, 0.6) is 0 Å². The molecule has 0 spiro atoms. The first kappa shape index (κ1) is 23.5. The van der Waals surface area contributed by atoms with Crippen LogP contribution in [0.2, 0.25) is 0 Å². The summed E-state index contributed by atoms with van der Waals surface area (Å²) in [5.41, 5.74) is 2.18. The summed E-state index contributed by atoms with van der Waals surface area (Å²) < 4.78 is 11.1. The highest BCUT2D eigenvalue weighted by molar-refractivity contribution is 5.69. The molecule has 5 heterocycles. The van der Waals surface area contributed by atoms with Crippen molar-refractivity contribution in [1.29, 1.82) is 5.26 Å². The maximum Gasteiger partial charge on any atom is 0.410 e. The van der Waals surface area contributed by atoms with Crippen LogP contribution in [-0.4, -0.2) is 63.6 Å². The van der Waals surface area contributed by atoms with Gasteiger partial charge in [-0.1, -0.05) is 0 Å². The number of aryl methyl sites for hydroxylation is 1. The third kappa shape index (κ3) is 4.42. The lowest BCUT2D eigenvalue weighted by Crippen LogP contribution is -2.49. The number of piperidine rings is 1. The SMILES string of the molecule is Cn1cc(-c2cc3nccn3c(-c3cnn(C4(CC#N)CCN(C(=O)OC(C)(C)C)CC4)c3)n2)cn1. The second kappa shape index (κ2) is 8.78. The highest BCUT2D eigenvalue weighted by Crippen LogP contribution is 2.35. The Morgan fingerprint density at radius 3 is 2.58 bits per heavy atom. The summed E-state index contributed by atoms with van der Waals surface area (Å²) in [4.78, 5) is 23.6. The molecular weight excluding hydrogens is 458 g/mol. The van der Waals surface area contributed by atoms with E-state index in [9.17, 15) is 10.1 Å². The van der Waals surface area contributed by atoms with Gasteiger partial charge in [-0.3, -0.25) is 13.8 Å². The molecule has 0 saturated carbocycles. The molecule has 1 fully saturated rings. The third-order valence-electron chi connectivity index (χ3n) is 6.47. The molecule has 0 aromatic carbocycles. The minimum absolute atomic E-state index is 0.292. The van der Waals surface area contributed by atoms with E-state index in [2.05, 4.69) is 21.3 Å². The lowest BCUT2D eigenvalue weighted by molar-refractivity contribution is 0.0105. The number of rotatable bonds is 4. The molecule has 186 valence electrons. The van der Waals surface area contributed by atoms with Gasteiger partial charge in [0.2, 0.25) is 0 Å². The lowest BCUT2D eigenvalue weighted by Gasteiger charge is -2.40. The maximum absolute atomic E-state index is 12.6. The van der Waals surface area contributed by atoms with E-state index in [1.165, 1.54) is 0 Å². The van der Waals surface area contributed by atoms with Crippen molar-refractivity contribution in [3.05, 3.63) is 43.2 Å². The number of fused-ring (bicyclic) bond motifs is 1. The Morgan fingerprint density at radius 1 is 1.17 bits per heavy atom. The molecule has 1 saturated heterocycles. The van der Waals surface area contributed by atoms with E-state index < -0.39 is 11.1 Å². The van der Waals surface area contributed by atoms with Crippen molar-refractivity contribution >= 4 is 11.7 Å². The molecule has 36 heavy (non-hydrogen) atoms. The maximum atomic E-state index is 12.6. The van der Waals surface area contributed by atoms with Crippen LogP contribution in [0.25, 0.3) is 28.3 Å². The predicted octanol–water partition coefficient (Wildman–Crippen LogP) is 3.63. The minimum atomic E-state index is -0.550. The van der Waals surface area contributed by atoms with E-state index in [0.717, 1.165) is 22.5 Å². The zero-order valence-electron chi connectivity index (χ0n) is 20.9. The zero-order valence-corrected chi connectivity index (χ0v) is 20.9. The topological polar surface area (TPSA) is 119 Å². The van der Waals surface area contributed by atoms with Crippen molar-refractivity contribution < 1.29 is 9.53 Å². The Balaban J connectivity index is 1.45. The molecule has 11 nitrogen and oxygen atoms in total. The summed E-state index contributed by atoms with van der Waals surface area (Å²) in [6.07, 6.45) is 12.2. The van der Waals surface area contributed by atoms with E-state index in [-0.39, 0.29) is 6.09 Å². The van der Waals surface area contributed by atoms with E-state index in [4.69, 9.17) is 9.72 Å². The fraction of sp³-hybridized carbons (Fsp3) is 0.440. The van der Waals surface area contributed by atoms with Gasteiger partial charge < -0.3 is 9.64 Å². The van der Waals surface area contributed by atoms with Gasteiger partial charge in [-0.2, -0.15) is 15.5 Å². The molecule has 4 aromatic rings. The highest BCUT2D eigenvalue weighted by atomic mass is 16.6. The van der Waals surface area contributed by atoms with Crippen LogP contribution < -0.4 is 0 Å². The summed E-state index contributed by atoms with van der Waals surface area (Å²) in [7, 11) is 1.87. The van der Waals surface area contributed by atoms with Gasteiger partial charge in [0, 0.05) is 56.6 Å². The quantitative estimate of drug-likeness (QED) is 0.431. The van der Waals surface area contributed by atoms with Crippen LogP contribution in [-0.2, 0) is 17.3 Å². The number of hydrogen-bond donors (Lipinski definition) is 0. The van der Waals surface area contributed by atoms with Crippen LogP contribution in [0.15, 0.2) is 43.2 Å². The number of carbonyl (C=O) groups excluding carboxylic acids is 1. The van der Waals surface area contributed by atoms with Crippen LogP contribution in [0.1, 0.15) is 40.0 Å². The lowest BCUT2D eigenvalue weighted by atomic mass is 9.85. The molecule has 1 aliphatic heterocycles. The van der Waals surface area contributed by atoms with Gasteiger partial charge in [0.25, 0.3) is 0 Å². The van der Waals surface area contributed by atoms with Gasteiger partial charge in [-0.25, -0.2) is 14.8 Å². The molecule has 4 aromatic heterocycles. The molecule has 11 heteroatoms. The molecule has 0 bridgehead atoms. The van der Waals surface area contributed by atoms with Crippen molar-refractivity contribution in [2.75, 3.05) is 13.1 Å². The van der Waals surface area contributed by atoms with Crippen molar-refractivity contribution in [2.24, 2.45) is 7.05 Å². The number of nitrogens with zero attached hydrogens (tertiary/aromatic N) is 9. The molecule has 1 amide bonds. The highest BCUT2D eigenvalue weighted by Gasteiger charge is 2.39. The number of likely N-dealkylation sites (tertiary alicyclic amines) is 1. The normalized spacial score (nSPS) is 15.7. The van der Waals surface area contributed by atoms with Crippen LogP contribution in [0, 0.1) is 11.3 Å². The van der Waals surface area contributed by atoms with E-state index in [1.54, 1.807) is 28.2 Å². The summed E-state index contributed by atoms with van der Waals surface area (Å²) in [6.45, 7) is 6.55. The number of imidazole rings is 1. The van der Waals surface area contributed by atoms with Gasteiger partial charge in [0.1, 0.15) is 17.1 Å². The molecular formula is C25H29N9O2. The van der Waals surface area contributed by atoms with Crippen molar-refractivity contribution in [2.45, 2.75) is 51.2 Å². The second-order valence-electron chi connectivity index (χ2n) is 10.2. The number of ether oxygens (including phenoxy) is 1. The van der Waals surface area contributed by atoms with Gasteiger partial charge in [0.05, 0.1) is 41.7 Å². The Hall–Kier alpha value is -4.20. The molecule has 0 radical (unpaired) electrons. The average Bonchev–Trinajstić information content (AvgIpc) is 3.58. The molecule has 5 rings (SSSR count). The van der Waals surface area contributed by atoms with Gasteiger partial charge >= 0.3 is 6.09 Å². The molecule has 0 N–H and O–H groups in total. The van der Waals surface area contributed by atoms with E-state index >= 15 is 0 Å². The Kier molecular flexibility index (Phi) is 5.74. The Bertz CT molecular complexity index is 1440. The molecule has 0 unspecified atom stereocenters. The van der Waals surface area contributed by atoms with Gasteiger partial charge in [0.15, 0.2) is 0 Å². The number of amides is 1. The molecule has 0 aliphatic carbocycles. The molecule has 1 aliphatic rings. The summed E-state index contributed by atoms with van der Waals surface area (Å²) in [5, 5.41) is 18.6. The fourth-order valence-electron chi connectivity index (χ4n) is 4.59. The first-order valence-corrected chi connectivity index (χ1v) is 11.9. The first-order chi connectivity index (χ1) is 17.2.